The SMILES string of the molecule is CCCOCC(C)OC(=O)OC(C)COC(C)C. The van der Waals surface area contributed by atoms with Crippen molar-refractivity contribution in [2.45, 2.75) is 59.4 Å². The van der Waals surface area contributed by atoms with Crippen molar-refractivity contribution in [3.8, 4) is 0 Å². The van der Waals surface area contributed by atoms with Gasteiger partial charge in [-0.2, -0.15) is 0 Å². The second kappa shape index (κ2) is 10.1. The van der Waals surface area contributed by atoms with E-state index < -0.39 is 6.16 Å². The van der Waals surface area contributed by atoms with Crippen molar-refractivity contribution in [2.24, 2.45) is 0 Å². The first-order valence-corrected chi connectivity index (χ1v) is 6.52. The lowest BCUT2D eigenvalue weighted by molar-refractivity contribution is -0.0465. The molecule has 0 saturated heterocycles. The van der Waals surface area contributed by atoms with E-state index in [1.165, 1.54) is 0 Å². The van der Waals surface area contributed by atoms with Crippen LogP contribution in [0.25, 0.3) is 0 Å². The molecule has 0 spiro atoms. The van der Waals surface area contributed by atoms with Crippen molar-refractivity contribution < 1.29 is 23.7 Å². The first-order valence-electron chi connectivity index (χ1n) is 6.52. The third-order valence-corrected chi connectivity index (χ3v) is 1.96. The van der Waals surface area contributed by atoms with Gasteiger partial charge in [-0.05, 0) is 34.1 Å². The molecule has 0 aliphatic heterocycles. The van der Waals surface area contributed by atoms with Crippen molar-refractivity contribution in [2.75, 3.05) is 19.8 Å². The summed E-state index contributed by atoms with van der Waals surface area (Å²) >= 11 is 0. The Bertz CT molecular complexity index is 217. The topological polar surface area (TPSA) is 54.0 Å². The maximum Gasteiger partial charge on any atom is 0.508 e. The van der Waals surface area contributed by atoms with Crippen LogP contribution >= 0.6 is 0 Å². The monoisotopic (exact) mass is 262 g/mol. The van der Waals surface area contributed by atoms with Crippen LogP contribution in [0.5, 0.6) is 0 Å². The van der Waals surface area contributed by atoms with Gasteiger partial charge in [0.05, 0.1) is 19.3 Å². The lowest BCUT2D eigenvalue weighted by atomic mass is 10.4. The normalized spacial score (nSPS) is 14.3. The molecule has 0 bridgehead atoms. The molecular formula is C13H26O5. The number of carbonyl (C=O) groups is 1. The van der Waals surface area contributed by atoms with E-state index in [-0.39, 0.29) is 18.3 Å². The van der Waals surface area contributed by atoms with Crippen molar-refractivity contribution >= 4 is 6.16 Å². The molecule has 0 N–H and O–H groups in total. The van der Waals surface area contributed by atoms with Crippen LogP contribution in [-0.2, 0) is 18.9 Å². The van der Waals surface area contributed by atoms with Crippen molar-refractivity contribution in [3.63, 3.8) is 0 Å². The molecule has 0 heterocycles. The molecule has 0 rings (SSSR count). The molecule has 2 atom stereocenters. The number of rotatable bonds is 9. The Morgan fingerprint density at radius 3 is 2.06 bits per heavy atom. The number of hydrogen-bond donors (Lipinski definition) is 0. The molecule has 0 aromatic carbocycles. The first kappa shape index (κ1) is 17.2. The molecule has 18 heavy (non-hydrogen) atoms. The van der Waals surface area contributed by atoms with Gasteiger partial charge in [0, 0.05) is 6.61 Å². The molecular weight excluding hydrogens is 236 g/mol. The fourth-order valence-corrected chi connectivity index (χ4v) is 1.15. The van der Waals surface area contributed by atoms with Crippen LogP contribution in [0.4, 0.5) is 4.79 Å². The first-order chi connectivity index (χ1) is 8.45. The zero-order valence-corrected chi connectivity index (χ0v) is 12.1. The van der Waals surface area contributed by atoms with E-state index in [1.807, 2.05) is 20.8 Å². The van der Waals surface area contributed by atoms with E-state index in [2.05, 4.69) is 0 Å². The van der Waals surface area contributed by atoms with Crippen molar-refractivity contribution in [1.82, 2.24) is 0 Å². The Labute approximate surface area is 110 Å². The van der Waals surface area contributed by atoms with Crippen LogP contribution in [0.3, 0.4) is 0 Å². The van der Waals surface area contributed by atoms with Gasteiger partial charge < -0.3 is 18.9 Å². The Balaban J connectivity index is 3.68. The molecule has 0 aliphatic carbocycles. The molecule has 0 aromatic heterocycles. The molecule has 0 radical (unpaired) electrons. The van der Waals surface area contributed by atoms with E-state index in [0.29, 0.717) is 19.8 Å². The average molecular weight is 262 g/mol. The van der Waals surface area contributed by atoms with Crippen LogP contribution in [0.2, 0.25) is 0 Å². The summed E-state index contributed by atoms with van der Waals surface area (Å²) in [7, 11) is 0. The molecule has 0 aliphatic rings. The summed E-state index contributed by atoms with van der Waals surface area (Å²) in [4.78, 5) is 11.4. The van der Waals surface area contributed by atoms with Gasteiger partial charge >= 0.3 is 6.16 Å². The Hall–Kier alpha value is -0.810. The Morgan fingerprint density at radius 1 is 1.00 bits per heavy atom. The van der Waals surface area contributed by atoms with Gasteiger partial charge in [-0.25, -0.2) is 4.79 Å². The van der Waals surface area contributed by atoms with Crippen LogP contribution in [0, 0.1) is 0 Å². The highest BCUT2D eigenvalue weighted by Gasteiger charge is 2.15. The summed E-state index contributed by atoms with van der Waals surface area (Å²) < 4.78 is 20.7. The van der Waals surface area contributed by atoms with Crippen molar-refractivity contribution in [3.05, 3.63) is 0 Å². The van der Waals surface area contributed by atoms with E-state index in [1.54, 1.807) is 13.8 Å². The number of ether oxygens (including phenoxy) is 4. The van der Waals surface area contributed by atoms with Gasteiger partial charge in [0.25, 0.3) is 0 Å². The minimum Gasteiger partial charge on any atom is -0.429 e. The zero-order chi connectivity index (χ0) is 14.0. The molecule has 108 valence electrons. The minimum atomic E-state index is -0.678. The summed E-state index contributed by atoms with van der Waals surface area (Å²) in [6.45, 7) is 10.8. The fraction of sp³-hybridized carbons (Fsp3) is 0.923. The third kappa shape index (κ3) is 10.4. The van der Waals surface area contributed by atoms with Gasteiger partial charge in [-0.3, -0.25) is 0 Å². The maximum absolute atomic E-state index is 11.4. The van der Waals surface area contributed by atoms with E-state index >= 15 is 0 Å². The Kier molecular flexibility index (Phi) is 9.69. The molecule has 2 unspecified atom stereocenters. The number of carbonyl (C=O) groups excluding carboxylic acids is 1. The molecule has 0 saturated carbocycles. The molecule has 0 aromatic rings. The predicted octanol–water partition coefficient (Wildman–Crippen LogP) is 2.77. The average Bonchev–Trinajstić information content (AvgIpc) is 2.26. The van der Waals surface area contributed by atoms with Crippen LogP contribution in [-0.4, -0.2) is 44.3 Å². The van der Waals surface area contributed by atoms with E-state index in [9.17, 15) is 4.79 Å². The summed E-state index contributed by atoms with van der Waals surface area (Å²) in [6.07, 6.45) is -0.234. The predicted molar refractivity (Wildman–Crippen MR) is 68.7 cm³/mol. The van der Waals surface area contributed by atoms with Gasteiger partial charge in [-0.1, -0.05) is 6.92 Å². The second-order valence-corrected chi connectivity index (χ2v) is 4.56. The summed E-state index contributed by atoms with van der Waals surface area (Å²) in [5, 5.41) is 0. The molecule has 0 fully saturated rings. The quantitative estimate of drug-likeness (QED) is 0.472. The van der Waals surface area contributed by atoms with Crippen LogP contribution in [0.1, 0.15) is 41.0 Å². The molecule has 5 heteroatoms. The smallest absolute Gasteiger partial charge is 0.429 e. The largest absolute Gasteiger partial charge is 0.508 e. The highest BCUT2D eigenvalue weighted by atomic mass is 16.7. The number of hydrogen-bond acceptors (Lipinski definition) is 5. The lowest BCUT2D eigenvalue weighted by Gasteiger charge is -2.17. The van der Waals surface area contributed by atoms with Crippen LogP contribution in [0.15, 0.2) is 0 Å². The molecule has 5 nitrogen and oxygen atoms in total. The lowest BCUT2D eigenvalue weighted by Crippen LogP contribution is -2.26. The summed E-state index contributed by atoms with van der Waals surface area (Å²) in [5.41, 5.74) is 0. The zero-order valence-electron chi connectivity index (χ0n) is 12.1. The van der Waals surface area contributed by atoms with Crippen LogP contribution < -0.4 is 0 Å². The third-order valence-electron chi connectivity index (χ3n) is 1.96. The molecule has 0 amide bonds. The van der Waals surface area contributed by atoms with Crippen molar-refractivity contribution in [1.29, 1.82) is 0 Å². The fourth-order valence-electron chi connectivity index (χ4n) is 1.15. The second-order valence-electron chi connectivity index (χ2n) is 4.56. The highest BCUT2D eigenvalue weighted by molar-refractivity contribution is 5.60. The summed E-state index contributed by atoms with van der Waals surface area (Å²) in [6, 6.07) is 0. The standard InChI is InChI=1S/C13H26O5/c1-6-7-15-8-11(4)17-13(14)18-12(5)9-16-10(2)3/h10-12H,6-9H2,1-5H3. The Morgan fingerprint density at radius 2 is 1.56 bits per heavy atom. The maximum atomic E-state index is 11.4. The van der Waals surface area contributed by atoms with Gasteiger partial charge in [0.15, 0.2) is 0 Å². The van der Waals surface area contributed by atoms with Gasteiger partial charge in [0.1, 0.15) is 12.2 Å². The minimum absolute atomic E-state index is 0.119. The summed E-state index contributed by atoms with van der Waals surface area (Å²) in [5.74, 6) is 0. The highest BCUT2D eigenvalue weighted by Crippen LogP contribution is 2.01. The van der Waals surface area contributed by atoms with E-state index in [4.69, 9.17) is 18.9 Å². The van der Waals surface area contributed by atoms with E-state index in [0.717, 1.165) is 6.42 Å². The van der Waals surface area contributed by atoms with Gasteiger partial charge in [0.2, 0.25) is 0 Å². The van der Waals surface area contributed by atoms with Gasteiger partial charge in [-0.15, -0.1) is 0 Å².